The molecule has 1 fully saturated rings. The molecule has 0 radical (unpaired) electrons. The molecule has 2 aromatic carbocycles. The first-order chi connectivity index (χ1) is 16.0. The number of hydrogen-bond donors (Lipinski definition) is 2. The molecule has 3 unspecified atom stereocenters. The minimum absolute atomic E-state index is 0.00478. The van der Waals surface area contributed by atoms with Crippen molar-refractivity contribution in [1.82, 2.24) is 10.2 Å². The lowest BCUT2D eigenvalue weighted by molar-refractivity contribution is -0.121. The summed E-state index contributed by atoms with van der Waals surface area (Å²) >= 11 is 11.0. The summed E-state index contributed by atoms with van der Waals surface area (Å²) in [6.45, 7) is 5.24. The van der Waals surface area contributed by atoms with E-state index in [9.17, 15) is 19.1 Å². The monoisotopic (exact) mass is 510 g/mol. The first kappa shape index (κ1) is 26.3. The largest absolute Gasteiger partial charge is 0.444 e. The van der Waals surface area contributed by atoms with Crippen molar-refractivity contribution in [2.24, 2.45) is 0 Å². The van der Waals surface area contributed by atoms with Crippen LogP contribution in [0.4, 0.5) is 9.18 Å². The molecule has 2 N–H and O–H groups in total. The normalized spacial score (nSPS) is 17.6. The van der Waals surface area contributed by atoms with Crippen LogP contribution in [0.15, 0.2) is 48.5 Å². The number of carbonyl (C=O) groups is 2. The van der Waals surface area contributed by atoms with Crippen molar-refractivity contribution in [3.8, 4) is 11.1 Å². The van der Waals surface area contributed by atoms with E-state index in [0.717, 1.165) is 23.1 Å². The van der Waals surface area contributed by atoms with Gasteiger partial charge in [0.15, 0.2) is 4.84 Å². The molecular formula is C25H29Cl2FN2O4. The SMILES string of the molecule is CC(C)(C)OC(=O)N1CCC1c1ccc(-c2ccc(C(O)C(CF)NC(=O)C(Cl)Cl)cc2)cc1. The molecule has 6 nitrogen and oxygen atoms in total. The molecule has 3 atom stereocenters. The van der Waals surface area contributed by atoms with Crippen LogP contribution in [0.3, 0.4) is 0 Å². The van der Waals surface area contributed by atoms with Gasteiger partial charge in [0.25, 0.3) is 5.91 Å². The van der Waals surface area contributed by atoms with Crippen molar-refractivity contribution >= 4 is 35.2 Å². The van der Waals surface area contributed by atoms with Gasteiger partial charge in [-0.1, -0.05) is 71.7 Å². The van der Waals surface area contributed by atoms with Crippen LogP contribution in [0.25, 0.3) is 11.1 Å². The Labute approximate surface area is 209 Å². The van der Waals surface area contributed by atoms with Gasteiger partial charge in [-0.2, -0.15) is 0 Å². The third-order valence-corrected chi connectivity index (χ3v) is 6.00. The number of nitrogens with one attached hydrogen (secondary N) is 1. The fourth-order valence-corrected chi connectivity index (χ4v) is 3.85. The first-order valence-corrected chi connectivity index (χ1v) is 11.9. The Morgan fingerprint density at radius 1 is 1.12 bits per heavy atom. The van der Waals surface area contributed by atoms with E-state index in [1.807, 2.05) is 57.2 Å². The number of alkyl halides is 3. The number of ether oxygens (including phenoxy) is 1. The molecule has 34 heavy (non-hydrogen) atoms. The molecule has 184 valence electrons. The van der Waals surface area contributed by atoms with Gasteiger partial charge in [-0.05, 0) is 49.4 Å². The molecular weight excluding hydrogens is 482 g/mol. The summed E-state index contributed by atoms with van der Waals surface area (Å²) in [6.07, 6.45) is -0.682. The Morgan fingerprint density at radius 2 is 1.68 bits per heavy atom. The van der Waals surface area contributed by atoms with Gasteiger partial charge < -0.3 is 20.1 Å². The fraction of sp³-hybridized carbons (Fsp3) is 0.440. The molecule has 1 heterocycles. The highest BCUT2D eigenvalue weighted by Gasteiger charge is 2.36. The van der Waals surface area contributed by atoms with Crippen LogP contribution >= 0.6 is 23.2 Å². The van der Waals surface area contributed by atoms with Gasteiger partial charge in [-0.15, -0.1) is 0 Å². The molecule has 9 heteroatoms. The predicted octanol–water partition coefficient (Wildman–Crippen LogP) is 5.33. The number of benzene rings is 2. The fourth-order valence-electron chi connectivity index (χ4n) is 3.72. The molecule has 1 saturated heterocycles. The Morgan fingerprint density at radius 3 is 2.12 bits per heavy atom. The van der Waals surface area contributed by atoms with Gasteiger partial charge in [0.2, 0.25) is 0 Å². The van der Waals surface area contributed by atoms with Crippen molar-refractivity contribution in [3.05, 3.63) is 59.7 Å². The number of nitrogens with zero attached hydrogens (tertiary/aromatic N) is 1. The summed E-state index contributed by atoms with van der Waals surface area (Å²) in [5.74, 6) is -0.765. The molecule has 2 amide bonds. The number of likely N-dealkylation sites (tertiary alicyclic amines) is 1. The summed E-state index contributed by atoms with van der Waals surface area (Å²) in [4.78, 5) is 24.4. The van der Waals surface area contributed by atoms with Crippen LogP contribution in [0, 0.1) is 0 Å². The second kappa shape index (κ2) is 10.9. The zero-order valence-corrected chi connectivity index (χ0v) is 20.8. The molecule has 0 aromatic heterocycles. The summed E-state index contributed by atoms with van der Waals surface area (Å²) in [5, 5.41) is 12.8. The van der Waals surface area contributed by atoms with Gasteiger partial charge in [0.1, 0.15) is 18.4 Å². The topological polar surface area (TPSA) is 78.9 Å². The van der Waals surface area contributed by atoms with Crippen molar-refractivity contribution < 1.29 is 23.8 Å². The van der Waals surface area contributed by atoms with Crippen molar-refractivity contribution in [3.63, 3.8) is 0 Å². The van der Waals surface area contributed by atoms with E-state index >= 15 is 0 Å². The zero-order valence-electron chi connectivity index (χ0n) is 19.3. The molecule has 1 aliphatic heterocycles. The minimum Gasteiger partial charge on any atom is -0.444 e. The third-order valence-electron chi connectivity index (χ3n) is 5.60. The number of carbonyl (C=O) groups excluding carboxylic acids is 2. The van der Waals surface area contributed by atoms with Crippen molar-refractivity contribution in [2.75, 3.05) is 13.2 Å². The van der Waals surface area contributed by atoms with Crippen molar-refractivity contribution in [2.45, 2.75) is 55.8 Å². The average molecular weight is 511 g/mol. The highest BCUT2D eigenvalue weighted by Crippen LogP contribution is 2.35. The number of hydrogen-bond acceptors (Lipinski definition) is 4. The van der Waals surface area contributed by atoms with Crippen LogP contribution in [0.5, 0.6) is 0 Å². The maximum Gasteiger partial charge on any atom is 0.410 e. The van der Waals surface area contributed by atoms with Crippen molar-refractivity contribution in [1.29, 1.82) is 0 Å². The predicted molar refractivity (Wildman–Crippen MR) is 131 cm³/mol. The quantitative estimate of drug-likeness (QED) is 0.493. The number of amides is 2. The van der Waals surface area contributed by atoms with Crippen LogP contribution < -0.4 is 5.32 Å². The second-order valence-electron chi connectivity index (χ2n) is 9.24. The molecule has 2 aromatic rings. The van der Waals surface area contributed by atoms with E-state index in [-0.39, 0.29) is 12.1 Å². The molecule has 0 bridgehead atoms. The number of aliphatic hydroxyl groups is 1. The Bertz CT molecular complexity index is 993. The summed E-state index contributed by atoms with van der Waals surface area (Å²) < 4.78 is 18.8. The van der Waals surface area contributed by atoms with Gasteiger partial charge >= 0.3 is 6.09 Å². The lowest BCUT2D eigenvalue weighted by Crippen LogP contribution is -2.47. The molecule has 0 spiro atoms. The van der Waals surface area contributed by atoms with Gasteiger partial charge in [0.05, 0.1) is 12.1 Å². The average Bonchev–Trinajstić information content (AvgIpc) is 2.75. The molecule has 0 saturated carbocycles. The first-order valence-electron chi connectivity index (χ1n) is 11.0. The van der Waals surface area contributed by atoms with Gasteiger partial charge in [-0.3, -0.25) is 4.79 Å². The molecule has 3 rings (SSSR count). The maximum absolute atomic E-state index is 13.4. The summed E-state index contributed by atoms with van der Waals surface area (Å²) in [7, 11) is 0. The number of halogens is 3. The smallest absolute Gasteiger partial charge is 0.410 e. The van der Waals surface area contributed by atoms with E-state index in [1.165, 1.54) is 0 Å². The zero-order chi connectivity index (χ0) is 25.0. The highest BCUT2D eigenvalue weighted by molar-refractivity contribution is 6.53. The summed E-state index contributed by atoms with van der Waals surface area (Å²) in [5.41, 5.74) is 2.81. The molecule has 1 aliphatic rings. The van der Waals surface area contributed by atoms with Crippen LogP contribution in [-0.2, 0) is 9.53 Å². The lowest BCUT2D eigenvalue weighted by Gasteiger charge is -2.41. The van der Waals surface area contributed by atoms with Gasteiger partial charge in [-0.25, -0.2) is 9.18 Å². The Hall–Kier alpha value is -2.35. The summed E-state index contributed by atoms with van der Waals surface area (Å²) in [6, 6.07) is 13.7. The third kappa shape index (κ3) is 6.40. The van der Waals surface area contributed by atoms with Crippen LogP contribution in [0.2, 0.25) is 0 Å². The Balaban J connectivity index is 1.66. The van der Waals surface area contributed by atoms with Gasteiger partial charge in [0, 0.05) is 6.54 Å². The minimum atomic E-state index is -1.34. The van der Waals surface area contributed by atoms with E-state index in [1.54, 1.807) is 17.0 Å². The number of aliphatic hydroxyl groups excluding tert-OH is 1. The van der Waals surface area contributed by atoms with Crippen LogP contribution in [-0.4, -0.2) is 51.7 Å². The standard InChI is InChI=1S/C25H29Cl2FN2O4/c1-25(2,3)34-24(33)30-13-12-20(30)17-8-4-15(5-9-17)16-6-10-18(11-7-16)21(31)19(14-28)29-23(32)22(26)27/h4-11,19-22,31H,12-14H2,1-3H3,(H,29,32). The second-order valence-corrected chi connectivity index (χ2v) is 10.3. The van der Waals surface area contributed by atoms with E-state index < -0.39 is 35.2 Å². The van der Waals surface area contributed by atoms with E-state index in [2.05, 4.69) is 5.32 Å². The number of rotatable bonds is 7. The van der Waals surface area contributed by atoms with E-state index in [0.29, 0.717) is 12.1 Å². The highest BCUT2D eigenvalue weighted by atomic mass is 35.5. The Kier molecular flexibility index (Phi) is 8.44. The molecule has 0 aliphatic carbocycles. The van der Waals surface area contributed by atoms with E-state index in [4.69, 9.17) is 27.9 Å². The maximum atomic E-state index is 13.4. The van der Waals surface area contributed by atoms with Crippen LogP contribution in [0.1, 0.15) is 50.5 Å². The lowest BCUT2D eigenvalue weighted by atomic mass is 9.93.